The molecule has 3 aromatic rings. The highest BCUT2D eigenvalue weighted by atomic mass is 32.1. The lowest BCUT2D eigenvalue weighted by molar-refractivity contribution is -0.132. The number of furan rings is 1. The van der Waals surface area contributed by atoms with Gasteiger partial charge in [0.25, 0.3) is 5.91 Å². The third-order valence-electron chi connectivity index (χ3n) is 4.63. The molecular formula is C19H19N3O4S. The predicted molar refractivity (Wildman–Crippen MR) is 99.4 cm³/mol. The van der Waals surface area contributed by atoms with Crippen LogP contribution in [0, 0.1) is 6.92 Å². The Labute approximate surface area is 160 Å². The van der Waals surface area contributed by atoms with Crippen molar-refractivity contribution in [2.45, 2.75) is 13.3 Å². The Morgan fingerprint density at radius 2 is 1.96 bits per heavy atom. The van der Waals surface area contributed by atoms with Crippen molar-refractivity contribution in [1.29, 1.82) is 0 Å². The van der Waals surface area contributed by atoms with E-state index in [4.69, 9.17) is 8.83 Å². The number of piperazine rings is 1. The van der Waals surface area contributed by atoms with Crippen molar-refractivity contribution in [3.05, 3.63) is 53.1 Å². The Bertz CT molecular complexity index is 922. The van der Waals surface area contributed by atoms with E-state index in [9.17, 15) is 9.59 Å². The van der Waals surface area contributed by atoms with E-state index < -0.39 is 0 Å². The molecule has 1 fully saturated rings. The summed E-state index contributed by atoms with van der Waals surface area (Å²) in [6, 6.07) is 5.53. The van der Waals surface area contributed by atoms with Crippen LogP contribution in [0.5, 0.6) is 0 Å². The molecule has 4 rings (SSSR count). The fourth-order valence-corrected chi connectivity index (χ4v) is 3.73. The van der Waals surface area contributed by atoms with E-state index in [1.807, 2.05) is 24.4 Å². The summed E-state index contributed by atoms with van der Waals surface area (Å²) in [5.41, 5.74) is 1.20. The van der Waals surface area contributed by atoms with Crippen LogP contribution < -0.4 is 0 Å². The molecule has 140 valence electrons. The Morgan fingerprint density at radius 1 is 1.19 bits per heavy atom. The largest absolute Gasteiger partial charge is 0.472 e. The number of oxazole rings is 1. The molecule has 0 atom stereocenters. The van der Waals surface area contributed by atoms with E-state index in [1.54, 1.807) is 27.2 Å². The summed E-state index contributed by atoms with van der Waals surface area (Å²) in [7, 11) is 0. The SMILES string of the molecule is Cc1oc(-c2cccs2)nc1CC(=O)N1CCN(C(=O)c2ccoc2)CC1. The molecule has 8 heteroatoms. The van der Waals surface area contributed by atoms with Gasteiger partial charge >= 0.3 is 0 Å². The van der Waals surface area contributed by atoms with Gasteiger partial charge in [0.05, 0.1) is 28.8 Å². The molecule has 0 aliphatic carbocycles. The van der Waals surface area contributed by atoms with Gasteiger partial charge in [-0.15, -0.1) is 11.3 Å². The van der Waals surface area contributed by atoms with Crippen LogP contribution in [0.25, 0.3) is 10.8 Å². The average Bonchev–Trinajstić information content (AvgIpc) is 3.44. The Morgan fingerprint density at radius 3 is 2.63 bits per heavy atom. The van der Waals surface area contributed by atoms with Crippen LogP contribution in [0.1, 0.15) is 21.8 Å². The maximum Gasteiger partial charge on any atom is 0.257 e. The molecule has 7 nitrogen and oxygen atoms in total. The molecule has 0 saturated carbocycles. The van der Waals surface area contributed by atoms with Gasteiger partial charge in [-0.25, -0.2) is 4.98 Å². The second-order valence-electron chi connectivity index (χ2n) is 6.36. The average molecular weight is 385 g/mol. The molecule has 0 unspecified atom stereocenters. The van der Waals surface area contributed by atoms with Crippen molar-refractivity contribution in [2.75, 3.05) is 26.2 Å². The minimum absolute atomic E-state index is 0.000426. The Balaban J connectivity index is 1.35. The summed E-state index contributed by atoms with van der Waals surface area (Å²) in [6.45, 7) is 3.87. The van der Waals surface area contributed by atoms with Gasteiger partial charge in [-0.1, -0.05) is 6.07 Å². The van der Waals surface area contributed by atoms with Gasteiger partial charge in [-0.2, -0.15) is 0 Å². The third-order valence-corrected chi connectivity index (χ3v) is 5.49. The summed E-state index contributed by atoms with van der Waals surface area (Å²) < 4.78 is 10.7. The second kappa shape index (κ2) is 7.40. The number of carbonyl (C=O) groups is 2. The van der Waals surface area contributed by atoms with Crippen molar-refractivity contribution in [2.24, 2.45) is 0 Å². The maximum absolute atomic E-state index is 12.6. The second-order valence-corrected chi connectivity index (χ2v) is 7.31. The zero-order chi connectivity index (χ0) is 18.8. The lowest BCUT2D eigenvalue weighted by Crippen LogP contribution is -2.51. The topological polar surface area (TPSA) is 79.8 Å². The highest BCUT2D eigenvalue weighted by Crippen LogP contribution is 2.26. The molecule has 0 aromatic carbocycles. The number of hydrogen-bond donors (Lipinski definition) is 0. The monoisotopic (exact) mass is 385 g/mol. The quantitative estimate of drug-likeness (QED) is 0.690. The molecule has 3 aromatic heterocycles. The Hall–Kier alpha value is -2.87. The summed E-state index contributed by atoms with van der Waals surface area (Å²) >= 11 is 1.55. The number of carbonyl (C=O) groups excluding carboxylic acids is 2. The molecule has 1 saturated heterocycles. The molecule has 27 heavy (non-hydrogen) atoms. The van der Waals surface area contributed by atoms with E-state index >= 15 is 0 Å². The zero-order valence-corrected chi connectivity index (χ0v) is 15.7. The number of aryl methyl sites for hydroxylation is 1. The number of hydrogen-bond acceptors (Lipinski definition) is 6. The summed E-state index contributed by atoms with van der Waals surface area (Å²) in [4.78, 5) is 33.9. The van der Waals surface area contributed by atoms with Crippen molar-refractivity contribution in [3.8, 4) is 10.8 Å². The predicted octanol–water partition coefficient (Wildman–Crippen LogP) is 2.83. The van der Waals surface area contributed by atoms with Gasteiger partial charge < -0.3 is 18.6 Å². The van der Waals surface area contributed by atoms with E-state index in [2.05, 4.69) is 4.98 Å². The molecular weight excluding hydrogens is 366 g/mol. The fraction of sp³-hybridized carbons (Fsp3) is 0.316. The first kappa shape index (κ1) is 17.5. The van der Waals surface area contributed by atoms with Crippen LogP contribution in [0.3, 0.4) is 0 Å². The van der Waals surface area contributed by atoms with E-state index in [1.165, 1.54) is 12.5 Å². The zero-order valence-electron chi connectivity index (χ0n) is 14.9. The molecule has 0 bridgehead atoms. The highest BCUT2D eigenvalue weighted by Gasteiger charge is 2.26. The van der Waals surface area contributed by atoms with Crippen molar-refractivity contribution < 1.29 is 18.4 Å². The summed E-state index contributed by atoms with van der Waals surface area (Å²) in [5.74, 6) is 1.16. The minimum Gasteiger partial charge on any atom is -0.472 e. The Kier molecular flexibility index (Phi) is 4.81. The fourth-order valence-electron chi connectivity index (χ4n) is 3.08. The number of thiophene rings is 1. The van der Waals surface area contributed by atoms with Crippen molar-refractivity contribution in [1.82, 2.24) is 14.8 Å². The first-order valence-electron chi connectivity index (χ1n) is 8.71. The maximum atomic E-state index is 12.6. The summed E-state index contributed by atoms with van der Waals surface area (Å²) in [5, 5.41) is 1.96. The van der Waals surface area contributed by atoms with Gasteiger partial charge in [-0.3, -0.25) is 9.59 Å². The van der Waals surface area contributed by atoms with Crippen molar-refractivity contribution in [3.63, 3.8) is 0 Å². The van der Waals surface area contributed by atoms with Gasteiger partial charge in [-0.05, 0) is 24.4 Å². The van der Waals surface area contributed by atoms with Crippen LogP contribution in [0.2, 0.25) is 0 Å². The number of aromatic nitrogens is 1. The van der Waals surface area contributed by atoms with Gasteiger partial charge in [0.15, 0.2) is 0 Å². The van der Waals surface area contributed by atoms with Crippen LogP contribution in [0.15, 0.2) is 44.9 Å². The highest BCUT2D eigenvalue weighted by molar-refractivity contribution is 7.13. The van der Waals surface area contributed by atoms with E-state index in [0.29, 0.717) is 49.1 Å². The molecule has 2 amide bonds. The van der Waals surface area contributed by atoms with Crippen LogP contribution >= 0.6 is 11.3 Å². The lowest BCUT2D eigenvalue weighted by Gasteiger charge is -2.34. The molecule has 0 radical (unpaired) electrons. The molecule has 1 aliphatic heterocycles. The normalized spacial score (nSPS) is 14.6. The van der Waals surface area contributed by atoms with Gasteiger partial charge in [0.2, 0.25) is 11.8 Å². The van der Waals surface area contributed by atoms with Crippen LogP contribution in [-0.4, -0.2) is 52.8 Å². The minimum atomic E-state index is -0.0659. The van der Waals surface area contributed by atoms with Gasteiger partial charge in [0.1, 0.15) is 12.0 Å². The first-order chi connectivity index (χ1) is 13.1. The van der Waals surface area contributed by atoms with Crippen molar-refractivity contribution >= 4 is 23.2 Å². The summed E-state index contributed by atoms with van der Waals surface area (Å²) in [6.07, 6.45) is 3.13. The number of rotatable bonds is 4. The molecule has 1 aliphatic rings. The number of nitrogens with zero attached hydrogens (tertiary/aromatic N) is 3. The third kappa shape index (κ3) is 3.66. The smallest absolute Gasteiger partial charge is 0.257 e. The number of amides is 2. The standard InChI is InChI=1S/C19H19N3O4S/c1-13-15(20-18(26-13)16-3-2-10-27-16)11-17(23)21-5-7-22(8-6-21)19(24)14-4-9-25-12-14/h2-4,9-10,12H,5-8,11H2,1H3. The molecule has 4 heterocycles. The van der Waals surface area contributed by atoms with E-state index in [-0.39, 0.29) is 18.2 Å². The van der Waals surface area contributed by atoms with Crippen LogP contribution in [0.4, 0.5) is 0 Å². The first-order valence-corrected chi connectivity index (χ1v) is 9.59. The van der Waals surface area contributed by atoms with Crippen LogP contribution in [-0.2, 0) is 11.2 Å². The molecule has 0 spiro atoms. The molecule has 0 N–H and O–H groups in total. The van der Waals surface area contributed by atoms with Gasteiger partial charge in [0, 0.05) is 26.2 Å². The van der Waals surface area contributed by atoms with E-state index in [0.717, 1.165) is 4.88 Å². The lowest BCUT2D eigenvalue weighted by atomic mass is 10.2.